The molecule has 0 saturated heterocycles. The first kappa shape index (κ1) is 11.7. The monoisotopic (exact) mass is 239 g/mol. The van der Waals surface area contributed by atoms with Crippen molar-refractivity contribution in [3.63, 3.8) is 0 Å². The number of hydrogen-bond donors (Lipinski definition) is 1. The molecular formula is C7H5ClF3N3O. The number of carbonyl (C=O) groups excluding carboxylic acids is 1. The molecule has 0 atom stereocenters. The van der Waals surface area contributed by atoms with Gasteiger partial charge in [-0.05, 0) is 0 Å². The summed E-state index contributed by atoms with van der Waals surface area (Å²) >= 11 is 5.44. The zero-order chi connectivity index (χ0) is 11.5. The van der Waals surface area contributed by atoms with E-state index >= 15 is 0 Å². The highest BCUT2D eigenvalue weighted by Gasteiger charge is 2.31. The van der Waals surface area contributed by atoms with Gasteiger partial charge in [0.25, 0.3) is 0 Å². The van der Waals surface area contributed by atoms with E-state index in [1.54, 1.807) is 0 Å². The van der Waals surface area contributed by atoms with E-state index in [1.807, 2.05) is 5.32 Å². The zero-order valence-electron chi connectivity index (χ0n) is 7.18. The van der Waals surface area contributed by atoms with Crippen LogP contribution >= 0.6 is 11.6 Å². The van der Waals surface area contributed by atoms with Crippen LogP contribution in [0.1, 0.15) is 6.42 Å². The Morgan fingerprint density at radius 2 is 2.13 bits per heavy atom. The van der Waals surface area contributed by atoms with E-state index in [9.17, 15) is 18.0 Å². The van der Waals surface area contributed by atoms with E-state index < -0.39 is 18.5 Å². The van der Waals surface area contributed by atoms with Crippen molar-refractivity contribution in [3.05, 3.63) is 17.5 Å². The van der Waals surface area contributed by atoms with Crippen molar-refractivity contribution in [1.29, 1.82) is 0 Å². The van der Waals surface area contributed by atoms with Crippen molar-refractivity contribution in [2.75, 3.05) is 5.32 Å². The van der Waals surface area contributed by atoms with Crippen molar-refractivity contribution in [3.8, 4) is 0 Å². The van der Waals surface area contributed by atoms with E-state index in [-0.39, 0.29) is 11.0 Å². The quantitative estimate of drug-likeness (QED) is 0.804. The van der Waals surface area contributed by atoms with E-state index in [0.717, 1.165) is 12.4 Å². The smallest absolute Gasteiger partial charge is 0.310 e. The molecule has 0 bridgehead atoms. The number of alkyl halides is 3. The molecule has 1 amide bonds. The van der Waals surface area contributed by atoms with Gasteiger partial charge in [-0.15, -0.1) is 0 Å². The molecule has 0 fully saturated rings. The van der Waals surface area contributed by atoms with Gasteiger partial charge < -0.3 is 5.32 Å². The van der Waals surface area contributed by atoms with Gasteiger partial charge in [-0.1, -0.05) is 11.6 Å². The Hall–Kier alpha value is -1.37. The molecule has 0 aliphatic heterocycles. The first-order chi connectivity index (χ1) is 6.87. The number of hydrogen-bond acceptors (Lipinski definition) is 3. The second kappa shape index (κ2) is 4.43. The molecule has 0 aliphatic rings. The summed E-state index contributed by atoms with van der Waals surface area (Å²) in [5.41, 5.74) is 0. The predicted molar refractivity (Wildman–Crippen MR) is 46.3 cm³/mol. The number of nitrogens with one attached hydrogen (secondary N) is 1. The Kier molecular flexibility index (Phi) is 3.46. The largest absolute Gasteiger partial charge is 0.397 e. The van der Waals surface area contributed by atoms with Gasteiger partial charge in [0.2, 0.25) is 5.91 Å². The highest BCUT2D eigenvalue weighted by atomic mass is 35.5. The summed E-state index contributed by atoms with van der Waals surface area (Å²) in [5, 5.41) is 1.98. The van der Waals surface area contributed by atoms with Gasteiger partial charge in [-0.2, -0.15) is 13.2 Å². The Bertz CT molecular complexity index is 369. The normalized spacial score (nSPS) is 11.2. The Morgan fingerprint density at radius 1 is 1.47 bits per heavy atom. The van der Waals surface area contributed by atoms with Gasteiger partial charge in [0.15, 0.2) is 0 Å². The summed E-state index contributed by atoms with van der Waals surface area (Å²) in [5.74, 6) is -1.26. The molecule has 1 aromatic rings. The third-order valence-corrected chi connectivity index (χ3v) is 1.47. The average molecular weight is 240 g/mol. The van der Waals surface area contributed by atoms with Gasteiger partial charge in [-0.25, -0.2) is 9.97 Å². The van der Waals surface area contributed by atoms with Crippen LogP contribution in [-0.4, -0.2) is 22.1 Å². The maximum atomic E-state index is 11.8. The van der Waals surface area contributed by atoms with Crippen LogP contribution in [0.5, 0.6) is 0 Å². The molecule has 0 aliphatic carbocycles. The summed E-state index contributed by atoms with van der Waals surface area (Å²) in [6, 6.07) is 1.15. The molecule has 0 radical (unpaired) electrons. The van der Waals surface area contributed by atoms with Crippen molar-refractivity contribution in [2.24, 2.45) is 0 Å². The van der Waals surface area contributed by atoms with Crippen molar-refractivity contribution in [2.45, 2.75) is 12.6 Å². The second-order valence-electron chi connectivity index (χ2n) is 2.57. The average Bonchev–Trinajstić information content (AvgIpc) is 1.99. The molecule has 8 heteroatoms. The number of nitrogens with zero attached hydrogens (tertiary/aromatic N) is 2. The minimum Gasteiger partial charge on any atom is -0.310 e. The fourth-order valence-corrected chi connectivity index (χ4v) is 0.918. The number of rotatable bonds is 2. The molecule has 1 aromatic heterocycles. The van der Waals surface area contributed by atoms with Gasteiger partial charge in [0.05, 0.1) is 0 Å². The van der Waals surface area contributed by atoms with Crippen LogP contribution in [0.4, 0.5) is 19.0 Å². The molecule has 15 heavy (non-hydrogen) atoms. The lowest BCUT2D eigenvalue weighted by molar-refractivity contribution is -0.150. The van der Waals surface area contributed by atoms with Crippen LogP contribution in [0.2, 0.25) is 5.15 Å². The SMILES string of the molecule is O=C(CC(F)(F)F)Nc1cc(Cl)ncn1. The number of halogens is 4. The standard InChI is InChI=1S/C7H5ClF3N3O/c8-4-1-5(13-3-12-4)14-6(15)2-7(9,10)11/h1,3H,2H2,(H,12,13,14,15). The molecular weight excluding hydrogens is 235 g/mol. The lowest BCUT2D eigenvalue weighted by Gasteiger charge is -2.06. The first-order valence-electron chi connectivity index (χ1n) is 3.71. The van der Waals surface area contributed by atoms with Crippen molar-refractivity contribution < 1.29 is 18.0 Å². The van der Waals surface area contributed by atoms with Gasteiger partial charge in [-0.3, -0.25) is 4.79 Å². The molecule has 4 nitrogen and oxygen atoms in total. The van der Waals surface area contributed by atoms with Gasteiger partial charge in [0, 0.05) is 6.07 Å². The molecule has 0 saturated carbocycles. The van der Waals surface area contributed by atoms with Crippen LogP contribution in [0.15, 0.2) is 12.4 Å². The van der Waals surface area contributed by atoms with Crippen LogP contribution in [0.25, 0.3) is 0 Å². The topological polar surface area (TPSA) is 54.9 Å². The van der Waals surface area contributed by atoms with Crippen molar-refractivity contribution in [1.82, 2.24) is 9.97 Å². The Labute approximate surface area is 87.5 Å². The fourth-order valence-electron chi connectivity index (χ4n) is 0.771. The third kappa shape index (κ3) is 4.59. The lowest BCUT2D eigenvalue weighted by atomic mass is 10.4. The summed E-state index contributed by atoms with van der Waals surface area (Å²) < 4.78 is 35.3. The van der Waals surface area contributed by atoms with Crippen molar-refractivity contribution >= 4 is 23.3 Å². The number of aromatic nitrogens is 2. The molecule has 0 aromatic carbocycles. The highest BCUT2D eigenvalue weighted by Crippen LogP contribution is 2.20. The van der Waals surface area contributed by atoms with Crippen LogP contribution < -0.4 is 5.32 Å². The highest BCUT2D eigenvalue weighted by molar-refractivity contribution is 6.29. The lowest BCUT2D eigenvalue weighted by Crippen LogP contribution is -2.21. The minimum atomic E-state index is -4.54. The maximum absolute atomic E-state index is 11.8. The Balaban J connectivity index is 2.59. The fraction of sp³-hybridized carbons (Fsp3) is 0.286. The van der Waals surface area contributed by atoms with Crippen LogP contribution in [0, 0.1) is 0 Å². The summed E-state index contributed by atoms with van der Waals surface area (Å²) in [6.07, 6.45) is -5.07. The summed E-state index contributed by atoms with van der Waals surface area (Å²) in [4.78, 5) is 17.8. The van der Waals surface area contributed by atoms with Crippen LogP contribution in [-0.2, 0) is 4.79 Å². The molecule has 1 N–H and O–H groups in total. The molecule has 1 rings (SSSR count). The Morgan fingerprint density at radius 3 is 2.67 bits per heavy atom. The number of amides is 1. The maximum Gasteiger partial charge on any atom is 0.397 e. The predicted octanol–water partition coefficient (Wildman–Crippen LogP) is 2.02. The van der Waals surface area contributed by atoms with E-state index in [4.69, 9.17) is 11.6 Å². The van der Waals surface area contributed by atoms with Gasteiger partial charge in [0.1, 0.15) is 23.7 Å². The van der Waals surface area contributed by atoms with E-state index in [2.05, 4.69) is 9.97 Å². The van der Waals surface area contributed by atoms with Gasteiger partial charge >= 0.3 is 6.18 Å². The molecule has 82 valence electrons. The first-order valence-corrected chi connectivity index (χ1v) is 4.09. The summed E-state index contributed by atoms with van der Waals surface area (Å²) in [7, 11) is 0. The minimum absolute atomic E-state index is 0.0345. The third-order valence-electron chi connectivity index (χ3n) is 1.26. The number of anilines is 1. The van der Waals surface area contributed by atoms with Crippen LogP contribution in [0.3, 0.4) is 0 Å². The van der Waals surface area contributed by atoms with E-state index in [1.165, 1.54) is 0 Å². The molecule has 0 unspecified atom stereocenters. The summed E-state index contributed by atoms with van der Waals surface area (Å²) in [6.45, 7) is 0. The zero-order valence-corrected chi connectivity index (χ0v) is 7.93. The molecule has 1 heterocycles. The second-order valence-corrected chi connectivity index (χ2v) is 2.95. The molecule has 0 spiro atoms. The number of carbonyl (C=O) groups is 1. The van der Waals surface area contributed by atoms with E-state index in [0.29, 0.717) is 0 Å².